The van der Waals surface area contributed by atoms with Crippen molar-refractivity contribution in [1.29, 1.82) is 0 Å². The lowest BCUT2D eigenvalue weighted by molar-refractivity contribution is -0.131. The van der Waals surface area contributed by atoms with Crippen molar-refractivity contribution in [3.63, 3.8) is 0 Å². The Morgan fingerprint density at radius 1 is 1.39 bits per heavy atom. The molecule has 1 aliphatic heterocycles. The van der Waals surface area contributed by atoms with Crippen LogP contribution in [0.1, 0.15) is 42.5 Å². The van der Waals surface area contributed by atoms with Crippen LogP contribution in [0, 0.1) is 5.41 Å². The molecule has 1 saturated carbocycles. The number of halogens is 1. The molecule has 0 saturated heterocycles. The van der Waals surface area contributed by atoms with Gasteiger partial charge in [0.05, 0.1) is 0 Å². The Morgan fingerprint density at radius 2 is 2.21 bits per heavy atom. The largest absolute Gasteiger partial charge is 0.385 e. The van der Waals surface area contributed by atoms with E-state index in [2.05, 4.69) is 27.1 Å². The molecule has 2 aliphatic rings. The number of carbonyl (C=O) groups is 1. The minimum Gasteiger partial charge on any atom is -0.385 e. The molecule has 0 atom stereocenters. The average Bonchev–Trinajstić information content (AvgIpc) is 3.13. The number of thiophene rings is 1. The molecule has 1 aromatic heterocycles. The lowest BCUT2D eigenvalue weighted by Gasteiger charge is -2.42. The van der Waals surface area contributed by atoms with Crippen LogP contribution < -0.4 is 10.6 Å². The predicted molar refractivity (Wildman–Crippen MR) is 126 cm³/mol. The third-order valence-corrected chi connectivity index (χ3v) is 6.92. The highest BCUT2D eigenvalue weighted by Crippen LogP contribution is 2.43. The third-order valence-electron chi connectivity index (χ3n) is 5.90. The molecular formula is C20H33IN4O2S. The van der Waals surface area contributed by atoms with Crippen LogP contribution >= 0.6 is 35.3 Å². The molecule has 0 aromatic carbocycles. The first-order chi connectivity index (χ1) is 13.2. The smallest absolute Gasteiger partial charge is 0.224 e. The van der Waals surface area contributed by atoms with Crippen molar-refractivity contribution in [3.8, 4) is 0 Å². The van der Waals surface area contributed by atoms with E-state index in [4.69, 9.17) is 4.74 Å². The Labute approximate surface area is 189 Å². The van der Waals surface area contributed by atoms with Gasteiger partial charge in [-0.15, -0.1) is 35.3 Å². The van der Waals surface area contributed by atoms with Crippen LogP contribution in [0.2, 0.25) is 0 Å². The van der Waals surface area contributed by atoms with Crippen molar-refractivity contribution in [2.45, 2.75) is 45.1 Å². The van der Waals surface area contributed by atoms with Gasteiger partial charge in [0.1, 0.15) is 0 Å². The molecule has 0 radical (unpaired) electrons. The fourth-order valence-electron chi connectivity index (χ4n) is 3.91. The van der Waals surface area contributed by atoms with E-state index < -0.39 is 0 Å². The number of ether oxygens (including phenoxy) is 1. The van der Waals surface area contributed by atoms with Crippen LogP contribution in [0.4, 0.5) is 0 Å². The summed E-state index contributed by atoms with van der Waals surface area (Å²) in [4.78, 5) is 20.2. The van der Waals surface area contributed by atoms with Crippen LogP contribution in [0.25, 0.3) is 0 Å². The van der Waals surface area contributed by atoms with E-state index in [1.165, 1.54) is 29.7 Å². The predicted octanol–water partition coefficient (Wildman–Crippen LogP) is 3.01. The summed E-state index contributed by atoms with van der Waals surface area (Å²) >= 11 is 1.80. The van der Waals surface area contributed by atoms with Gasteiger partial charge in [0.15, 0.2) is 5.96 Å². The van der Waals surface area contributed by atoms with Gasteiger partial charge >= 0.3 is 0 Å². The van der Waals surface area contributed by atoms with E-state index in [9.17, 15) is 4.79 Å². The lowest BCUT2D eigenvalue weighted by Crippen LogP contribution is -2.47. The monoisotopic (exact) mass is 520 g/mol. The van der Waals surface area contributed by atoms with E-state index >= 15 is 0 Å². The maximum atomic E-state index is 12.5. The molecule has 0 bridgehead atoms. The van der Waals surface area contributed by atoms with Gasteiger partial charge in [0.2, 0.25) is 5.91 Å². The molecule has 0 unspecified atom stereocenters. The number of rotatable bonds is 8. The SMILES string of the molecule is CN=C(NCCC(=O)N1CCc2sccc2C1)NCC1(CCOC)CCC1.I. The topological polar surface area (TPSA) is 66.0 Å². The second-order valence-corrected chi connectivity index (χ2v) is 8.63. The zero-order valence-corrected chi connectivity index (χ0v) is 20.1. The summed E-state index contributed by atoms with van der Waals surface area (Å²) in [5.41, 5.74) is 1.65. The van der Waals surface area contributed by atoms with Crippen LogP contribution in [-0.2, 0) is 22.5 Å². The molecule has 1 aromatic rings. The summed E-state index contributed by atoms with van der Waals surface area (Å²) < 4.78 is 5.26. The number of methoxy groups -OCH3 is 1. The molecule has 3 rings (SSSR count). The quantitative estimate of drug-likeness (QED) is 0.314. The molecule has 28 heavy (non-hydrogen) atoms. The first kappa shape index (κ1) is 23.4. The van der Waals surface area contributed by atoms with Gasteiger partial charge in [0.25, 0.3) is 0 Å². The summed E-state index contributed by atoms with van der Waals surface area (Å²) in [6.45, 7) is 3.92. The van der Waals surface area contributed by atoms with E-state index in [0.29, 0.717) is 18.4 Å². The Morgan fingerprint density at radius 3 is 2.89 bits per heavy atom. The van der Waals surface area contributed by atoms with Gasteiger partial charge in [0, 0.05) is 58.2 Å². The molecular weight excluding hydrogens is 487 g/mol. The first-order valence-corrected chi connectivity index (χ1v) is 10.8. The number of hydrogen-bond donors (Lipinski definition) is 2. The second kappa shape index (κ2) is 11.3. The van der Waals surface area contributed by atoms with Crippen molar-refractivity contribution >= 4 is 47.2 Å². The van der Waals surface area contributed by atoms with Crippen molar-refractivity contribution in [1.82, 2.24) is 15.5 Å². The third kappa shape index (κ3) is 6.06. The fraction of sp³-hybridized carbons (Fsp3) is 0.700. The van der Waals surface area contributed by atoms with Gasteiger partial charge in [-0.2, -0.15) is 0 Å². The normalized spacial score (nSPS) is 17.9. The molecule has 1 fully saturated rings. The maximum absolute atomic E-state index is 12.5. The molecule has 1 aliphatic carbocycles. The standard InChI is InChI=1S/C20H32N4O2S.HI/c1-21-19(23-15-20(7-3-8-20)9-12-26-2)22-10-4-18(25)24-11-5-17-16(14-24)6-13-27-17;/h6,13H,3-5,7-12,14-15H2,1-2H3,(H2,21,22,23);1H. The fourth-order valence-corrected chi connectivity index (χ4v) is 4.80. The Kier molecular flexibility index (Phi) is 9.49. The van der Waals surface area contributed by atoms with Crippen molar-refractivity contribution in [3.05, 3.63) is 21.9 Å². The average molecular weight is 520 g/mol. The van der Waals surface area contributed by atoms with Crippen LogP contribution in [0.3, 0.4) is 0 Å². The summed E-state index contributed by atoms with van der Waals surface area (Å²) in [5.74, 6) is 0.996. The zero-order valence-electron chi connectivity index (χ0n) is 17.0. The number of carbonyl (C=O) groups excluding carboxylic acids is 1. The van der Waals surface area contributed by atoms with Crippen LogP contribution in [-0.4, -0.2) is 57.2 Å². The van der Waals surface area contributed by atoms with Gasteiger partial charge < -0.3 is 20.3 Å². The van der Waals surface area contributed by atoms with Crippen LogP contribution in [0.5, 0.6) is 0 Å². The van der Waals surface area contributed by atoms with E-state index in [1.54, 1.807) is 25.5 Å². The summed E-state index contributed by atoms with van der Waals surface area (Å²) in [6, 6.07) is 2.14. The lowest BCUT2D eigenvalue weighted by atomic mass is 9.67. The number of amides is 1. The molecule has 0 spiro atoms. The molecule has 1 amide bonds. The number of nitrogens with one attached hydrogen (secondary N) is 2. The molecule has 8 heteroatoms. The molecule has 2 heterocycles. The summed E-state index contributed by atoms with van der Waals surface area (Å²) in [5, 5.41) is 8.86. The van der Waals surface area contributed by atoms with Gasteiger partial charge in [-0.3, -0.25) is 9.79 Å². The van der Waals surface area contributed by atoms with Crippen LogP contribution in [0.15, 0.2) is 16.4 Å². The van der Waals surface area contributed by atoms with Gasteiger partial charge in [-0.05, 0) is 48.1 Å². The van der Waals surface area contributed by atoms with E-state index in [-0.39, 0.29) is 29.9 Å². The minimum absolute atomic E-state index is 0. The highest BCUT2D eigenvalue weighted by atomic mass is 127. The van der Waals surface area contributed by atoms with E-state index in [0.717, 1.165) is 45.0 Å². The Balaban J connectivity index is 0.00000280. The number of hydrogen-bond acceptors (Lipinski definition) is 4. The number of fused-ring (bicyclic) bond motifs is 1. The highest BCUT2D eigenvalue weighted by molar-refractivity contribution is 14.0. The molecule has 2 N–H and O–H groups in total. The maximum Gasteiger partial charge on any atom is 0.224 e. The Hall–Kier alpha value is -0.870. The minimum atomic E-state index is 0. The van der Waals surface area contributed by atoms with Gasteiger partial charge in [-0.25, -0.2) is 0 Å². The summed E-state index contributed by atoms with van der Waals surface area (Å²) in [7, 11) is 3.54. The number of guanidine groups is 1. The molecule has 158 valence electrons. The zero-order chi connectivity index (χ0) is 19.1. The van der Waals surface area contributed by atoms with Gasteiger partial charge in [-0.1, -0.05) is 6.42 Å². The van der Waals surface area contributed by atoms with Crippen molar-refractivity contribution < 1.29 is 9.53 Å². The summed E-state index contributed by atoms with van der Waals surface area (Å²) in [6.07, 6.45) is 6.36. The second-order valence-electron chi connectivity index (χ2n) is 7.63. The van der Waals surface area contributed by atoms with E-state index in [1.807, 2.05) is 4.90 Å². The number of aliphatic imine (C=N–C) groups is 1. The first-order valence-electron chi connectivity index (χ1n) is 9.92. The van der Waals surface area contributed by atoms with Crippen molar-refractivity contribution in [2.24, 2.45) is 10.4 Å². The number of nitrogens with zero attached hydrogens (tertiary/aromatic N) is 2. The van der Waals surface area contributed by atoms with Crippen molar-refractivity contribution in [2.75, 3.05) is 40.4 Å². The Bertz CT molecular complexity index is 660. The highest BCUT2D eigenvalue weighted by Gasteiger charge is 2.36. The molecule has 6 nitrogen and oxygen atoms in total.